The number of hydrogen-bond acceptors (Lipinski definition) is 0. The molecule has 3 aromatic heterocycles. The van der Waals surface area contributed by atoms with Gasteiger partial charge in [0.1, 0.15) is 0 Å². The fourth-order valence-corrected chi connectivity index (χ4v) is 9.04. The topological polar surface area (TPSA) is 8.29 Å². The van der Waals surface area contributed by atoms with Gasteiger partial charge in [0, 0.05) is 50.2 Å². The van der Waals surface area contributed by atoms with Gasteiger partial charge in [0.05, 0.1) is 22.1 Å². The van der Waals surface area contributed by atoms with Crippen molar-refractivity contribution in [3.63, 3.8) is 0 Å². The molecule has 0 radical (unpaired) electrons. The largest absolute Gasteiger partial charge is 0.307 e. The SMILES string of the molecule is c1cc2c3c(c1)-c1cccc[n+]1C3c1c-2cc2ccc3c4c(ccc1c24)cc1c2cccc4c5ccccc5n(c42)c13. The van der Waals surface area contributed by atoms with Crippen LogP contribution in [0.4, 0.5) is 0 Å². The zero-order valence-electron chi connectivity index (χ0n) is 22.5. The molecule has 2 aliphatic rings. The van der Waals surface area contributed by atoms with Crippen LogP contribution in [0.3, 0.4) is 0 Å². The third-order valence-electron chi connectivity index (χ3n) is 10.5. The van der Waals surface area contributed by atoms with Gasteiger partial charge in [0.25, 0.3) is 0 Å². The first-order valence-corrected chi connectivity index (χ1v) is 14.8. The summed E-state index contributed by atoms with van der Waals surface area (Å²) < 4.78 is 5.03. The molecule has 7 aromatic carbocycles. The van der Waals surface area contributed by atoms with E-state index in [9.17, 15) is 0 Å². The molecule has 1 aliphatic carbocycles. The highest BCUT2D eigenvalue weighted by Gasteiger charge is 2.46. The van der Waals surface area contributed by atoms with E-state index >= 15 is 0 Å². The lowest BCUT2D eigenvalue weighted by Gasteiger charge is -2.16. The highest BCUT2D eigenvalue weighted by Crippen LogP contribution is 2.55. The van der Waals surface area contributed by atoms with Crippen LogP contribution < -0.4 is 4.57 Å². The molecule has 1 atom stereocenters. The van der Waals surface area contributed by atoms with Gasteiger partial charge in [-0.3, -0.25) is 0 Å². The van der Waals surface area contributed by atoms with Crippen LogP contribution in [0.15, 0.2) is 121 Å². The quantitative estimate of drug-likeness (QED) is 0.137. The maximum Gasteiger partial charge on any atom is 0.213 e. The van der Waals surface area contributed by atoms with E-state index in [1.807, 2.05) is 0 Å². The van der Waals surface area contributed by atoms with Gasteiger partial charge in [-0.15, -0.1) is 0 Å². The van der Waals surface area contributed by atoms with Crippen LogP contribution >= 0.6 is 0 Å². The summed E-state index contributed by atoms with van der Waals surface area (Å²) >= 11 is 0. The minimum Gasteiger partial charge on any atom is -0.307 e. The van der Waals surface area contributed by atoms with E-state index in [0.29, 0.717) is 0 Å². The molecule has 12 rings (SSSR count). The first kappa shape index (κ1) is 20.4. The maximum absolute atomic E-state index is 2.54. The Morgan fingerprint density at radius 2 is 1.19 bits per heavy atom. The molecule has 4 heterocycles. The van der Waals surface area contributed by atoms with Gasteiger partial charge >= 0.3 is 0 Å². The molecule has 0 saturated heterocycles. The van der Waals surface area contributed by atoms with Crippen molar-refractivity contribution in [1.29, 1.82) is 0 Å². The molecule has 0 fully saturated rings. The fourth-order valence-electron chi connectivity index (χ4n) is 9.04. The normalized spacial score (nSPS) is 15.4. The van der Waals surface area contributed by atoms with Crippen molar-refractivity contribution in [2.45, 2.75) is 6.04 Å². The molecule has 1 aliphatic heterocycles. The van der Waals surface area contributed by atoms with E-state index in [4.69, 9.17) is 0 Å². The van der Waals surface area contributed by atoms with Crippen LogP contribution in [0, 0.1) is 0 Å². The molecule has 1 unspecified atom stereocenters. The average Bonchev–Trinajstić information content (AvgIpc) is 3.76. The lowest BCUT2D eigenvalue weighted by Crippen LogP contribution is -2.37. The molecule has 0 N–H and O–H groups in total. The molecule has 2 nitrogen and oxygen atoms in total. The number of aromatic nitrogens is 2. The van der Waals surface area contributed by atoms with Crippen LogP contribution in [0.2, 0.25) is 0 Å². The second-order valence-corrected chi connectivity index (χ2v) is 12.2. The van der Waals surface area contributed by atoms with E-state index in [-0.39, 0.29) is 6.04 Å². The number of rotatable bonds is 0. The van der Waals surface area contributed by atoms with Crippen molar-refractivity contribution < 1.29 is 4.57 Å². The lowest BCUT2D eigenvalue weighted by molar-refractivity contribution is -0.687. The number of pyridine rings is 1. The van der Waals surface area contributed by atoms with Crippen LogP contribution in [-0.4, -0.2) is 4.40 Å². The highest BCUT2D eigenvalue weighted by molar-refractivity contribution is 6.34. The van der Waals surface area contributed by atoms with Gasteiger partial charge in [-0.25, -0.2) is 0 Å². The van der Waals surface area contributed by atoms with Crippen molar-refractivity contribution in [2.75, 3.05) is 0 Å². The molecule has 2 heteroatoms. The van der Waals surface area contributed by atoms with Gasteiger partial charge in [0.15, 0.2) is 6.20 Å². The first-order chi connectivity index (χ1) is 20.9. The summed E-state index contributed by atoms with van der Waals surface area (Å²) in [5, 5.41) is 13.5. The Balaban J connectivity index is 1.30. The van der Waals surface area contributed by atoms with E-state index in [1.54, 1.807) is 0 Å². The second-order valence-electron chi connectivity index (χ2n) is 12.2. The summed E-state index contributed by atoms with van der Waals surface area (Å²) in [5.41, 5.74) is 12.3. The summed E-state index contributed by atoms with van der Waals surface area (Å²) in [7, 11) is 0. The number of nitrogens with zero attached hydrogens (tertiary/aromatic N) is 2. The van der Waals surface area contributed by atoms with Gasteiger partial charge in [-0.05, 0) is 68.4 Å². The van der Waals surface area contributed by atoms with Gasteiger partial charge in [-0.1, -0.05) is 72.8 Å². The first-order valence-electron chi connectivity index (χ1n) is 14.8. The molecule has 42 heavy (non-hydrogen) atoms. The van der Waals surface area contributed by atoms with Crippen LogP contribution in [-0.2, 0) is 0 Å². The predicted octanol–water partition coefficient (Wildman–Crippen LogP) is 9.62. The molecular weight excluding hydrogens is 508 g/mol. The molecule has 10 aromatic rings. The number of para-hydroxylation sites is 2. The summed E-state index contributed by atoms with van der Waals surface area (Å²) in [4.78, 5) is 0. The van der Waals surface area contributed by atoms with Crippen molar-refractivity contribution in [3.05, 3.63) is 133 Å². The van der Waals surface area contributed by atoms with E-state index in [0.717, 1.165) is 0 Å². The standard InChI is InChI=1S/C40H21N2/c1-2-13-33-23(7-1)25-9-6-10-26-31-20-22-14-16-28-34-21(15-17-29(35(22)34)39(31)42(33)38(25)26)19-30-24-8-5-11-27-32-12-3-4-18-41(32)40(36(24)27)37(28)30/h1-20,40H/q+1. The molecule has 0 saturated carbocycles. The van der Waals surface area contributed by atoms with E-state index in [2.05, 4.69) is 130 Å². The van der Waals surface area contributed by atoms with Crippen LogP contribution in [0.1, 0.15) is 17.2 Å². The Morgan fingerprint density at radius 1 is 0.476 bits per heavy atom. The third-order valence-corrected chi connectivity index (χ3v) is 10.5. The Hall–Kier alpha value is -5.47. The summed E-state index contributed by atoms with van der Waals surface area (Å²) in [6, 6.07) is 43.9. The monoisotopic (exact) mass is 529 g/mol. The van der Waals surface area contributed by atoms with Crippen molar-refractivity contribution in [3.8, 4) is 22.4 Å². The maximum atomic E-state index is 2.54. The Morgan fingerprint density at radius 3 is 2.14 bits per heavy atom. The summed E-state index contributed by atoms with van der Waals surface area (Å²) in [6.45, 7) is 0. The fraction of sp³-hybridized carbons (Fsp3) is 0.0250. The Labute approximate surface area is 239 Å². The number of fused-ring (bicyclic) bond motifs is 14. The van der Waals surface area contributed by atoms with Crippen LogP contribution in [0.5, 0.6) is 0 Å². The molecule has 0 spiro atoms. The Bertz CT molecular complexity index is 2850. The third kappa shape index (κ3) is 2.02. The molecule has 0 bridgehead atoms. The zero-order chi connectivity index (χ0) is 26.8. The molecule has 190 valence electrons. The van der Waals surface area contributed by atoms with Crippen molar-refractivity contribution in [1.82, 2.24) is 4.40 Å². The smallest absolute Gasteiger partial charge is 0.213 e. The zero-order valence-corrected chi connectivity index (χ0v) is 22.5. The number of hydrogen-bond donors (Lipinski definition) is 0. The van der Waals surface area contributed by atoms with Gasteiger partial charge < -0.3 is 4.40 Å². The van der Waals surface area contributed by atoms with Gasteiger partial charge in [-0.2, -0.15) is 4.57 Å². The molecule has 0 amide bonds. The van der Waals surface area contributed by atoms with Crippen molar-refractivity contribution >= 4 is 70.4 Å². The lowest BCUT2D eigenvalue weighted by atomic mass is 9.88. The van der Waals surface area contributed by atoms with Crippen molar-refractivity contribution in [2.24, 2.45) is 0 Å². The Kier molecular flexibility index (Phi) is 3.17. The van der Waals surface area contributed by atoms with E-state index < -0.39 is 0 Å². The summed E-state index contributed by atoms with van der Waals surface area (Å²) in [5.74, 6) is 0. The van der Waals surface area contributed by atoms with Gasteiger partial charge in [0.2, 0.25) is 11.7 Å². The second kappa shape index (κ2) is 6.53. The van der Waals surface area contributed by atoms with E-state index in [1.165, 1.54) is 104 Å². The van der Waals surface area contributed by atoms with Crippen LogP contribution in [0.25, 0.3) is 92.8 Å². The molecular formula is C40H21N2+. The summed E-state index contributed by atoms with van der Waals surface area (Å²) in [6.07, 6.45) is 2.27. The highest BCUT2D eigenvalue weighted by atomic mass is 15.0. The minimum atomic E-state index is 0.218. The minimum absolute atomic E-state index is 0.218. The average molecular weight is 530 g/mol. The predicted molar refractivity (Wildman–Crippen MR) is 173 cm³/mol. The number of benzene rings is 7.